The van der Waals surface area contributed by atoms with E-state index in [0.29, 0.717) is 12.1 Å². The highest BCUT2D eigenvalue weighted by molar-refractivity contribution is 5.94. The number of likely N-dealkylation sites (tertiary alicyclic amines) is 1. The van der Waals surface area contributed by atoms with Crippen LogP contribution in [-0.2, 0) is 13.2 Å². The van der Waals surface area contributed by atoms with Crippen molar-refractivity contribution in [2.45, 2.75) is 31.5 Å². The van der Waals surface area contributed by atoms with E-state index in [9.17, 15) is 18.0 Å². The summed E-state index contributed by atoms with van der Waals surface area (Å²) < 4.78 is 39.7. The molecule has 0 saturated carbocycles. The number of hydrogen-bond acceptors (Lipinski definition) is 2. The zero-order chi connectivity index (χ0) is 17.3. The Balaban J connectivity index is 1.85. The fourth-order valence-corrected chi connectivity index (χ4v) is 3.11. The smallest absolute Gasteiger partial charge is 0.332 e. The van der Waals surface area contributed by atoms with Crippen LogP contribution in [0, 0.1) is 0 Å². The first-order valence-electron chi connectivity index (χ1n) is 7.83. The molecular weight excluding hydrogens is 319 g/mol. The molecule has 0 bridgehead atoms. The van der Waals surface area contributed by atoms with Crippen LogP contribution in [0.4, 0.5) is 13.2 Å². The number of piperidine rings is 1. The molecule has 0 unspecified atom stereocenters. The number of hydrogen-bond donors (Lipinski definition) is 0. The molecule has 1 atom stereocenters. The second-order valence-electron chi connectivity index (χ2n) is 6.03. The third-order valence-electron chi connectivity index (χ3n) is 4.34. The lowest BCUT2D eigenvalue weighted by atomic mass is 9.94. The van der Waals surface area contributed by atoms with Crippen molar-refractivity contribution in [3.63, 3.8) is 0 Å². The Bertz CT molecular complexity index is 721. The second-order valence-corrected chi connectivity index (χ2v) is 6.03. The zero-order valence-corrected chi connectivity index (χ0v) is 13.3. The molecule has 0 N–H and O–H groups in total. The number of amides is 1. The van der Waals surface area contributed by atoms with Crippen LogP contribution in [0.2, 0.25) is 0 Å². The maximum atomic E-state index is 12.7. The molecule has 2 aromatic rings. The van der Waals surface area contributed by atoms with Crippen molar-refractivity contribution in [3.8, 4) is 0 Å². The fraction of sp³-hybridized carbons (Fsp3) is 0.412. The number of carbonyl (C=O) groups is 1. The number of benzene rings is 1. The van der Waals surface area contributed by atoms with E-state index >= 15 is 0 Å². The van der Waals surface area contributed by atoms with Crippen LogP contribution >= 0.6 is 0 Å². The molecule has 2 heterocycles. The van der Waals surface area contributed by atoms with E-state index in [1.54, 1.807) is 22.8 Å². The third-order valence-corrected chi connectivity index (χ3v) is 4.34. The maximum absolute atomic E-state index is 12.7. The quantitative estimate of drug-likeness (QED) is 0.836. The van der Waals surface area contributed by atoms with E-state index in [2.05, 4.69) is 5.10 Å². The topological polar surface area (TPSA) is 38.1 Å². The molecule has 128 valence electrons. The van der Waals surface area contributed by atoms with Gasteiger partial charge in [-0.25, -0.2) is 0 Å². The van der Waals surface area contributed by atoms with Gasteiger partial charge in [0.05, 0.1) is 23.4 Å². The molecule has 1 aromatic carbocycles. The Morgan fingerprint density at radius 3 is 2.50 bits per heavy atom. The van der Waals surface area contributed by atoms with Gasteiger partial charge in [0.15, 0.2) is 0 Å². The van der Waals surface area contributed by atoms with Gasteiger partial charge in [-0.1, -0.05) is 12.1 Å². The molecule has 1 saturated heterocycles. The highest BCUT2D eigenvalue weighted by Crippen LogP contribution is 2.34. The van der Waals surface area contributed by atoms with Crippen molar-refractivity contribution in [2.75, 3.05) is 6.54 Å². The highest BCUT2D eigenvalue weighted by Gasteiger charge is 2.32. The number of alkyl halides is 3. The van der Waals surface area contributed by atoms with Gasteiger partial charge in [0.2, 0.25) is 0 Å². The lowest BCUT2D eigenvalue weighted by Gasteiger charge is -2.36. The molecule has 1 aliphatic rings. The van der Waals surface area contributed by atoms with Crippen LogP contribution in [-0.4, -0.2) is 27.1 Å². The number of aromatic nitrogens is 2. The van der Waals surface area contributed by atoms with Crippen LogP contribution in [0.5, 0.6) is 0 Å². The fourth-order valence-electron chi connectivity index (χ4n) is 3.11. The van der Waals surface area contributed by atoms with Gasteiger partial charge < -0.3 is 4.90 Å². The van der Waals surface area contributed by atoms with Gasteiger partial charge in [-0.15, -0.1) is 0 Å². The van der Waals surface area contributed by atoms with Gasteiger partial charge in [0.1, 0.15) is 0 Å². The lowest BCUT2D eigenvalue weighted by Crippen LogP contribution is -2.38. The van der Waals surface area contributed by atoms with E-state index in [0.717, 1.165) is 37.0 Å². The van der Waals surface area contributed by atoms with Crippen molar-refractivity contribution in [2.24, 2.45) is 7.05 Å². The molecule has 1 aromatic heterocycles. The average molecular weight is 337 g/mol. The second kappa shape index (κ2) is 6.30. The molecule has 1 aliphatic heterocycles. The molecule has 1 amide bonds. The summed E-state index contributed by atoms with van der Waals surface area (Å²) >= 11 is 0. The van der Waals surface area contributed by atoms with Crippen LogP contribution < -0.4 is 0 Å². The highest BCUT2D eigenvalue weighted by atomic mass is 19.4. The molecular formula is C17H18F3N3O. The zero-order valence-electron chi connectivity index (χ0n) is 13.3. The molecule has 1 fully saturated rings. The van der Waals surface area contributed by atoms with Crippen LogP contribution in [0.15, 0.2) is 36.7 Å². The summed E-state index contributed by atoms with van der Waals surface area (Å²) in [6.45, 7) is 0.597. The summed E-state index contributed by atoms with van der Waals surface area (Å²) in [4.78, 5) is 14.5. The van der Waals surface area contributed by atoms with Crippen molar-refractivity contribution in [1.29, 1.82) is 0 Å². The molecule has 0 spiro atoms. The minimum atomic E-state index is -4.35. The Kier molecular flexibility index (Phi) is 4.34. The first-order chi connectivity index (χ1) is 11.4. The summed E-state index contributed by atoms with van der Waals surface area (Å²) in [6.07, 6.45) is 1.40. The Labute approximate surface area is 137 Å². The van der Waals surface area contributed by atoms with Gasteiger partial charge in [0.25, 0.3) is 5.91 Å². The van der Waals surface area contributed by atoms with Crippen molar-refractivity contribution >= 4 is 5.91 Å². The standard InChI is InChI=1S/C17H18F3N3O/c1-22-11-13(10-21-22)16(24)23-9-3-2-4-15(23)12-5-7-14(8-6-12)17(18,19)20/h5-8,10-11,15H,2-4,9H2,1H3/t15-/m1/s1. The SMILES string of the molecule is Cn1cc(C(=O)N2CCCC[C@@H]2c2ccc(C(F)(F)F)cc2)cn1. The summed E-state index contributed by atoms with van der Waals surface area (Å²) in [5.41, 5.74) is 0.559. The normalized spacial score (nSPS) is 18.7. The predicted molar refractivity (Wildman–Crippen MR) is 82.3 cm³/mol. The van der Waals surface area contributed by atoms with Crippen LogP contribution in [0.1, 0.15) is 46.8 Å². The summed E-state index contributed by atoms with van der Waals surface area (Å²) in [7, 11) is 1.74. The maximum Gasteiger partial charge on any atom is 0.416 e. The minimum absolute atomic E-state index is 0.132. The van der Waals surface area contributed by atoms with Crippen molar-refractivity contribution < 1.29 is 18.0 Å². The van der Waals surface area contributed by atoms with Gasteiger partial charge in [-0.2, -0.15) is 18.3 Å². The van der Waals surface area contributed by atoms with E-state index in [1.807, 2.05) is 0 Å². The largest absolute Gasteiger partial charge is 0.416 e. The Morgan fingerprint density at radius 1 is 1.21 bits per heavy atom. The number of halogens is 3. The van der Waals surface area contributed by atoms with Crippen molar-refractivity contribution in [1.82, 2.24) is 14.7 Å². The summed E-state index contributed by atoms with van der Waals surface area (Å²) in [6, 6.07) is 4.91. The number of aryl methyl sites for hydroxylation is 1. The molecule has 0 aliphatic carbocycles. The minimum Gasteiger partial charge on any atom is -0.332 e. The van der Waals surface area contributed by atoms with E-state index < -0.39 is 11.7 Å². The van der Waals surface area contributed by atoms with E-state index in [1.165, 1.54) is 18.3 Å². The summed E-state index contributed by atoms with van der Waals surface area (Å²) in [5.74, 6) is -0.132. The van der Waals surface area contributed by atoms with Gasteiger partial charge >= 0.3 is 6.18 Å². The number of carbonyl (C=O) groups excluding carboxylic acids is 1. The monoisotopic (exact) mass is 337 g/mol. The first kappa shape index (κ1) is 16.5. The molecule has 4 nitrogen and oxygen atoms in total. The Morgan fingerprint density at radius 2 is 1.92 bits per heavy atom. The first-order valence-corrected chi connectivity index (χ1v) is 7.83. The van der Waals surface area contributed by atoms with Gasteiger partial charge in [0, 0.05) is 19.8 Å². The molecule has 24 heavy (non-hydrogen) atoms. The molecule has 3 rings (SSSR count). The number of nitrogens with zero attached hydrogens (tertiary/aromatic N) is 3. The summed E-state index contributed by atoms with van der Waals surface area (Å²) in [5, 5.41) is 4.01. The van der Waals surface area contributed by atoms with Gasteiger partial charge in [-0.05, 0) is 37.0 Å². The molecule has 7 heteroatoms. The van der Waals surface area contributed by atoms with Crippen LogP contribution in [0.25, 0.3) is 0 Å². The van der Waals surface area contributed by atoms with Gasteiger partial charge in [-0.3, -0.25) is 9.48 Å². The van der Waals surface area contributed by atoms with E-state index in [4.69, 9.17) is 0 Å². The number of rotatable bonds is 2. The van der Waals surface area contributed by atoms with Crippen molar-refractivity contribution in [3.05, 3.63) is 53.3 Å². The third kappa shape index (κ3) is 3.29. The molecule has 0 radical (unpaired) electrons. The van der Waals surface area contributed by atoms with E-state index in [-0.39, 0.29) is 11.9 Å². The Hall–Kier alpha value is -2.31. The average Bonchev–Trinajstić information content (AvgIpc) is 3.00. The lowest BCUT2D eigenvalue weighted by molar-refractivity contribution is -0.137. The predicted octanol–water partition coefficient (Wildman–Crippen LogP) is 3.81. The van der Waals surface area contributed by atoms with Crippen LogP contribution in [0.3, 0.4) is 0 Å².